The number of piperidine rings is 1. The lowest BCUT2D eigenvalue weighted by molar-refractivity contribution is -0.530. The van der Waals surface area contributed by atoms with Crippen molar-refractivity contribution >= 4 is 0 Å². The van der Waals surface area contributed by atoms with Crippen LogP contribution < -0.4 is 0 Å². The second-order valence-electron chi connectivity index (χ2n) is 5.99. The highest BCUT2D eigenvalue weighted by atomic mass is 19.1. The first-order valence-electron chi connectivity index (χ1n) is 7.79. The minimum absolute atomic E-state index is 0.256. The lowest BCUT2D eigenvalue weighted by Gasteiger charge is -2.34. The summed E-state index contributed by atoms with van der Waals surface area (Å²) in [5.41, 5.74) is 1.60. The summed E-state index contributed by atoms with van der Waals surface area (Å²) in [4.78, 5) is 13.3. The molecule has 0 saturated carbocycles. The molecule has 1 aliphatic rings. The average Bonchev–Trinajstić information content (AvgIpc) is 2.56. The van der Waals surface area contributed by atoms with Crippen LogP contribution in [0.1, 0.15) is 23.5 Å². The van der Waals surface area contributed by atoms with Gasteiger partial charge in [0.25, 0.3) is 0 Å². The van der Waals surface area contributed by atoms with Gasteiger partial charge in [0.2, 0.25) is 6.04 Å². The number of nitrogens with zero attached hydrogens (tertiary/aromatic N) is 2. The molecule has 0 bridgehead atoms. The van der Waals surface area contributed by atoms with Crippen LogP contribution in [0.25, 0.3) is 0 Å². The van der Waals surface area contributed by atoms with Crippen LogP contribution in [0.2, 0.25) is 0 Å². The van der Waals surface area contributed by atoms with Crippen LogP contribution in [0.4, 0.5) is 4.39 Å². The van der Waals surface area contributed by atoms with Crippen molar-refractivity contribution in [2.24, 2.45) is 0 Å². The Balaban J connectivity index is 1.76. The van der Waals surface area contributed by atoms with Crippen LogP contribution in [0.3, 0.4) is 0 Å². The molecule has 0 aromatic heterocycles. The number of benzene rings is 2. The van der Waals surface area contributed by atoms with Crippen molar-refractivity contribution in [3.8, 4) is 0 Å². The van der Waals surface area contributed by atoms with E-state index in [1.165, 1.54) is 6.07 Å². The summed E-state index contributed by atoms with van der Waals surface area (Å²) < 4.78 is 14.0. The molecule has 1 heterocycles. The van der Waals surface area contributed by atoms with E-state index in [2.05, 4.69) is 4.90 Å². The Hall–Kier alpha value is -2.27. The van der Waals surface area contributed by atoms with Crippen LogP contribution in [0, 0.1) is 15.9 Å². The van der Waals surface area contributed by atoms with Gasteiger partial charge in [0, 0.05) is 11.5 Å². The molecule has 1 fully saturated rings. The first kappa shape index (κ1) is 15.6. The quantitative estimate of drug-likeness (QED) is 0.641. The van der Waals surface area contributed by atoms with E-state index in [0.29, 0.717) is 25.1 Å². The van der Waals surface area contributed by atoms with Gasteiger partial charge in [-0.25, -0.2) is 4.39 Å². The van der Waals surface area contributed by atoms with E-state index in [0.717, 1.165) is 12.1 Å². The van der Waals surface area contributed by atoms with E-state index >= 15 is 0 Å². The third-order valence-corrected chi connectivity index (χ3v) is 4.49. The maximum atomic E-state index is 14.0. The molecule has 5 heteroatoms. The first-order valence-corrected chi connectivity index (χ1v) is 7.79. The second kappa shape index (κ2) is 6.87. The van der Waals surface area contributed by atoms with Gasteiger partial charge < -0.3 is 0 Å². The minimum atomic E-state index is -0.774. The fourth-order valence-electron chi connectivity index (χ4n) is 3.33. The largest absolute Gasteiger partial charge is 0.292 e. The highest BCUT2D eigenvalue weighted by molar-refractivity contribution is 5.24. The summed E-state index contributed by atoms with van der Waals surface area (Å²) in [5.74, 6) is -0.709. The normalized spacial score (nSPS) is 22.0. The zero-order chi connectivity index (χ0) is 16.2. The second-order valence-corrected chi connectivity index (χ2v) is 5.99. The van der Waals surface area contributed by atoms with Gasteiger partial charge in [-0.3, -0.25) is 15.0 Å². The third-order valence-electron chi connectivity index (χ3n) is 4.49. The number of hydrogen-bond acceptors (Lipinski definition) is 3. The number of nitro groups is 1. The third kappa shape index (κ3) is 3.56. The molecule has 0 aliphatic carbocycles. The lowest BCUT2D eigenvalue weighted by Crippen LogP contribution is -2.46. The van der Waals surface area contributed by atoms with E-state index in [9.17, 15) is 14.5 Å². The Bertz CT molecular complexity index is 678. The van der Waals surface area contributed by atoms with Crippen molar-refractivity contribution in [2.45, 2.75) is 24.9 Å². The monoisotopic (exact) mass is 314 g/mol. The zero-order valence-corrected chi connectivity index (χ0v) is 12.8. The highest BCUT2D eigenvalue weighted by Crippen LogP contribution is 2.32. The lowest BCUT2D eigenvalue weighted by atomic mass is 9.85. The SMILES string of the molecule is O=[N+]([O-])C1CN(Cc2ccccc2)CCC1c1ccccc1F. The Kier molecular flexibility index (Phi) is 4.67. The molecular formula is C18H19FN2O2. The Morgan fingerprint density at radius 2 is 1.83 bits per heavy atom. The molecule has 2 atom stereocenters. The summed E-state index contributed by atoms with van der Waals surface area (Å²) in [6.07, 6.45) is 0.597. The van der Waals surface area contributed by atoms with E-state index in [1.54, 1.807) is 18.2 Å². The number of rotatable bonds is 4. The molecule has 0 radical (unpaired) electrons. The number of likely N-dealkylation sites (tertiary alicyclic amines) is 1. The summed E-state index contributed by atoms with van der Waals surface area (Å²) in [6.45, 7) is 1.77. The Labute approximate surface area is 134 Å². The van der Waals surface area contributed by atoms with Crippen molar-refractivity contribution in [1.82, 2.24) is 4.90 Å². The Morgan fingerprint density at radius 1 is 1.13 bits per heavy atom. The molecule has 2 aromatic carbocycles. The van der Waals surface area contributed by atoms with Gasteiger partial charge in [-0.1, -0.05) is 48.5 Å². The molecule has 120 valence electrons. The Morgan fingerprint density at radius 3 is 2.52 bits per heavy atom. The summed E-state index contributed by atoms with van der Waals surface area (Å²) in [5, 5.41) is 11.5. The first-order chi connectivity index (χ1) is 11.1. The van der Waals surface area contributed by atoms with Gasteiger partial charge in [0.1, 0.15) is 5.82 Å². The smallest absolute Gasteiger partial charge is 0.232 e. The maximum absolute atomic E-state index is 14.0. The van der Waals surface area contributed by atoms with Crippen LogP contribution in [-0.2, 0) is 6.54 Å². The fourth-order valence-corrected chi connectivity index (χ4v) is 3.33. The van der Waals surface area contributed by atoms with E-state index < -0.39 is 6.04 Å². The van der Waals surface area contributed by atoms with E-state index in [1.807, 2.05) is 30.3 Å². The molecule has 2 unspecified atom stereocenters. The van der Waals surface area contributed by atoms with Crippen LogP contribution >= 0.6 is 0 Å². The molecule has 0 N–H and O–H groups in total. The fraction of sp³-hybridized carbons (Fsp3) is 0.333. The van der Waals surface area contributed by atoms with Crippen molar-refractivity contribution < 1.29 is 9.31 Å². The topological polar surface area (TPSA) is 46.4 Å². The molecule has 4 nitrogen and oxygen atoms in total. The average molecular weight is 314 g/mol. The molecule has 23 heavy (non-hydrogen) atoms. The minimum Gasteiger partial charge on any atom is -0.292 e. The predicted octanol–water partition coefficient (Wildman–Crippen LogP) is 3.46. The molecule has 1 saturated heterocycles. The standard InChI is InChI=1S/C18H19FN2O2/c19-17-9-5-4-8-15(17)16-10-11-20(13-18(16)21(22)23)12-14-6-2-1-3-7-14/h1-9,16,18H,10-13H2. The number of hydrogen-bond donors (Lipinski definition) is 0. The van der Waals surface area contributed by atoms with Gasteiger partial charge in [-0.15, -0.1) is 0 Å². The van der Waals surface area contributed by atoms with Crippen LogP contribution in [0.15, 0.2) is 54.6 Å². The van der Waals surface area contributed by atoms with Crippen molar-refractivity contribution in [2.75, 3.05) is 13.1 Å². The van der Waals surface area contributed by atoms with E-state index in [4.69, 9.17) is 0 Å². The van der Waals surface area contributed by atoms with Crippen molar-refractivity contribution in [1.29, 1.82) is 0 Å². The molecule has 2 aromatic rings. The molecular weight excluding hydrogens is 295 g/mol. The molecule has 0 spiro atoms. The van der Waals surface area contributed by atoms with E-state index in [-0.39, 0.29) is 16.7 Å². The summed E-state index contributed by atoms with van der Waals surface area (Å²) in [7, 11) is 0. The predicted molar refractivity (Wildman–Crippen MR) is 86.3 cm³/mol. The summed E-state index contributed by atoms with van der Waals surface area (Å²) >= 11 is 0. The summed E-state index contributed by atoms with van der Waals surface area (Å²) in [6, 6.07) is 15.5. The van der Waals surface area contributed by atoms with Crippen LogP contribution in [-0.4, -0.2) is 29.0 Å². The zero-order valence-electron chi connectivity index (χ0n) is 12.8. The van der Waals surface area contributed by atoms with Gasteiger partial charge >= 0.3 is 0 Å². The molecule has 0 amide bonds. The van der Waals surface area contributed by atoms with Gasteiger partial charge in [-0.2, -0.15) is 0 Å². The van der Waals surface area contributed by atoms with Crippen molar-refractivity contribution in [3.63, 3.8) is 0 Å². The highest BCUT2D eigenvalue weighted by Gasteiger charge is 2.39. The van der Waals surface area contributed by atoms with Gasteiger partial charge in [0.05, 0.1) is 12.5 Å². The van der Waals surface area contributed by atoms with Crippen molar-refractivity contribution in [3.05, 3.63) is 81.7 Å². The number of halogens is 1. The van der Waals surface area contributed by atoms with Gasteiger partial charge in [0.15, 0.2) is 0 Å². The maximum Gasteiger partial charge on any atom is 0.232 e. The van der Waals surface area contributed by atoms with Gasteiger partial charge in [-0.05, 0) is 30.2 Å². The van der Waals surface area contributed by atoms with Crippen LogP contribution in [0.5, 0.6) is 0 Å². The molecule has 3 rings (SSSR count). The molecule has 1 aliphatic heterocycles.